The number of hydrogen-bond donors (Lipinski definition) is 5. The van der Waals surface area contributed by atoms with Crippen LogP contribution in [0.2, 0.25) is 0 Å². The third-order valence-corrected chi connectivity index (χ3v) is 5.23. The molecule has 8 heteroatoms. The molecule has 2 aromatic rings. The molecule has 0 spiro atoms. The first kappa shape index (κ1) is 21.8. The van der Waals surface area contributed by atoms with Crippen LogP contribution in [0.15, 0.2) is 30.5 Å². The average Bonchev–Trinajstić information content (AvgIpc) is 3.07. The monoisotopic (exact) mass is 405 g/mol. The third-order valence-electron chi connectivity index (χ3n) is 4.68. The number of aromatic amines is 1. The lowest BCUT2D eigenvalue weighted by Crippen LogP contribution is -2.55. The first-order chi connectivity index (χ1) is 13.2. The van der Waals surface area contributed by atoms with Gasteiger partial charge in [0.05, 0.1) is 0 Å². The highest BCUT2D eigenvalue weighted by Gasteiger charge is 2.30. The molecule has 3 atom stereocenters. The van der Waals surface area contributed by atoms with Crippen molar-refractivity contribution in [2.75, 3.05) is 5.75 Å². The number of aliphatic carboxylic acids is 1. The first-order valence-corrected chi connectivity index (χ1v) is 9.87. The molecule has 0 fully saturated rings. The summed E-state index contributed by atoms with van der Waals surface area (Å²) in [7, 11) is 0. The fourth-order valence-electron chi connectivity index (χ4n) is 2.90. The Hall–Kier alpha value is -2.48. The van der Waals surface area contributed by atoms with Crippen molar-refractivity contribution in [2.24, 2.45) is 11.8 Å². The maximum atomic E-state index is 12.7. The Bertz CT molecular complexity index is 849. The molecule has 4 N–H and O–H groups in total. The molecule has 0 radical (unpaired) electrons. The summed E-state index contributed by atoms with van der Waals surface area (Å²) in [4.78, 5) is 39.7. The Labute approximate surface area is 169 Å². The summed E-state index contributed by atoms with van der Waals surface area (Å²) in [6.45, 7) is 5.31. The van der Waals surface area contributed by atoms with E-state index in [9.17, 15) is 19.5 Å². The van der Waals surface area contributed by atoms with E-state index in [1.807, 2.05) is 24.3 Å². The molecule has 0 aliphatic heterocycles. The lowest BCUT2D eigenvalue weighted by Gasteiger charge is -2.25. The van der Waals surface area contributed by atoms with Crippen molar-refractivity contribution in [1.82, 2.24) is 15.6 Å². The number of thiol groups is 1. The largest absolute Gasteiger partial charge is 0.480 e. The van der Waals surface area contributed by atoms with Crippen LogP contribution in [0.4, 0.5) is 0 Å². The molecule has 1 aromatic carbocycles. The van der Waals surface area contributed by atoms with Crippen molar-refractivity contribution >= 4 is 41.3 Å². The van der Waals surface area contributed by atoms with E-state index in [0.717, 1.165) is 16.5 Å². The zero-order valence-electron chi connectivity index (χ0n) is 16.2. The number of aromatic nitrogens is 1. The normalized spacial score (nSPS) is 14.5. The second-order valence-electron chi connectivity index (χ2n) is 7.28. The maximum Gasteiger partial charge on any atom is 0.326 e. The van der Waals surface area contributed by atoms with Gasteiger partial charge in [-0.3, -0.25) is 9.59 Å². The average molecular weight is 406 g/mol. The van der Waals surface area contributed by atoms with E-state index in [1.165, 1.54) is 0 Å². The van der Waals surface area contributed by atoms with Gasteiger partial charge in [0.25, 0.3) is 0 Å². The summed E-state index contributed by atoms with van der Waals surface area (Å²) >= 11 is 4.10. The van der Waals surface area contributed by atoms with Crippen LogP contribution < -0.4 is 10.6 Å². The number of fused-ring (bicyclic) bond motifs is 1. The molecule has 28 heavy (non-hydrogen) atoms. The molecular formula is C20H27N3O4S. The SMILES string of the molecule is CC(CS)C(=O)NC(C(=O)NC(Cc1c[nH]c2ccccc12)C(=O)O)C(C)C. The van der Waals surface area contributed by atoms with Crippen LogP contribution in [-0.4, -0.2) is 45.7 Å². The summed E-state index contributed by atoms with van der Waals surface area (Å²) in [6, 6.07) is 5.64. The van der Waals surface area contributed by atoms with Gasteiger partial charge in [-0.25, -0.2) is 4.79 Å². The summed E-state index contributed by atoms with van der Waals surface area (Å²) in [5, 5.41) is 15.8. The lowest BCUT2D eigenvalue weighted by molar-refractivity contribution is -0.142. The quantitative estimate of drug-likeness (QED) is 0.411. The second-order valence-corrected chi connectivity index (χ2v) is 7.64. The predicted molar refractivity (Wildman–Crippen MR) is 111 cm³/mol. The summed E-state index contributed by atoms with van der Waals surface area (Å²) in [5.74, 6) is -2.11. The smallest absolute Gasteiger partial charge is 0.326 e. The Morgan fingerprint density at radius 3 is 2.39 bits per heavy atom. The fraction of sp³-hybridized carbons (Fsp3) is 0.450. The van der Waals surface area contributed by atoms with E-state index in [4.69, 9.17) is 0 Å². The lowest BCUT2D eigenvalue weighted by atomic mass is 10.0. The molecule has 3 unspecified atom stereocenters. The van der Waals surface area contributed by atoms with Gasteiger partial charge in [0.1, 0.15) is 12.1 Å². The third kappa shape index (κ3) is 5.28. The Kier molecular flexibility index (Phi) is 7.51. The fourth-order valence-corrected chi connectivity index (χ4v) is 3.06. The number of amides is 2. The number of carboxylic acids is 1. The Morgan fingerprint density at radius 1 is 1.11 bits per heavy atom. The van der Waals surface area contributed by atoms with Crippen LogP contribution in [0, 0.1) is 11.8 Å². The molecule has 0 aliphatic rings. The van der Waals surface area contributed by atoms with E-state index in [0.29, 0.717) is 5.75 Å². The van der Waals surface area contributed by atoms with Crippen molar-refractivity contribution in [3.05, 3.63) is 36.0 Å². The standard InChI is InChI=1S/C20H27N3O4S/c1-11(2)17(23-18(24)12(3)10-28)19(25)22-16(20(26)27)8-13-9-21-15-7-5-4-6-14(13)15/h4-7,9,11-12,16-17,21,28H,8,10H2,1-3H3,(H,22,25)(H,23,24)(H,26,27). The van der Waals surface area contributed by atoms with Crippen LogP contribution in [0.1, 0.15) is 26.3 Å². The van der Waals surface area contributed by atoms with Crippen molar-refractivity contribution in [3.8, 4) is 0 Å². The highest BCUT2D eigenvalue weighted by atomic mass is 32.1. The number of carbonyl (C=O) groups excluding carboxylic acids is 2. The Morgan fingerprint density at radius 2 is 1.79 bits per heavy atom. The molecule has 0 bridgehead atoms. The molecule has 1 heterocycles. The van der Waals surface area contributed by atoms with E-state index in [-0.39, 0.29) is 24.2 Å². The van der Waals surface area contributed by atoms with Gasteiger partial charge in [-0.05, 0) is 17.5 Å². The van der Waals surface area contributed by atoms with Crippen molar-refractivity contribution in [3.63, 3.8) is 0 Å². The Balaban J connectivity index is 2.14. The van der Waals surface area contributed by atoms with Gasteiger partial charge in [-0.15, -0.1) is 0 Å². The summed E-state index contributed by atoms with van der Waals surface area (Å²) < 4.78 is 0. The number of benzene rings is 1. The van der Waals surface area contributed by atoms with Crippen LogP contribution >= 0.6 is 12.6 Å². The van der Waals surface area contributed by atoms with Gasteiger partial charge in [-0.2, -0.15) is 12.6 Å². The maximum absolute atomic E-state index is 12.7. The minimum absolute atomic E-state index is 0.136. The number of nitrogens with one attached hydrogen (secondary N) is 3. The van der Waals surface area contributed by atoms with Crippen LogP contribution in [0.3, 0.4) is 0 Å². The highest BCUT2D eigenvalue weighted by molar-refractivity contribution is 7.80. The molecule has 7 nitrogen and oxygen atoms in total. The molecule has 2 rings (SSSR count). The molecular weight excluding hydrogens is 378 g/mol. The van der Waals surface area contributed by atoms with E-state index in [2.05, 4.69) is 28.2 Å². The van der Waals surface area contributed by atoms with Gasteiger partial charge in [0.15, 0.2) is 0 Å². The zero-order chi connectivity index (χ0) is 20.8. The number of carboxylic acid groups (broad SMARTS) is 1. The zero-order valence-corrected chi connectivity index (χ0v) is 17.1. The topological polar surface area (TPSA) is 111 Å². The van der Waals surface area contributed by atoms with E-state index >= 15 is 0 Å². The number of rotatable bonds is 9. The summed E-state index contributed by atoms with van der Waals surface area (Å²) in [5.41, 5.74) is 1.71. The van der Waals surface area contributed by atoms with E-state index in [1.54, 1.807) is 27.0 Å². The van der Waals surface area contributed by atoms with Gasteiger partial charge in [0.2, 0.25) is 11.8 Å². The van der Waals surface area contributed by atoms with Gasteiger partial charge >= 0.3 is 5.97 Å². The number of para-hydroxylation sites is 1. The molecule has 152 valence electrons. The van der Waals surface area contributed by atoms with Gasteiger partial charge in [-0.1, -0.05) is 39.0 Å². The van der Waals surface area contributed by atoms with Crippen molar-refractivity contribution in [1.29, 1.82) is 0 Å². The highest BCUT2D eigenvalue weighted by Crippen LogP contribution is 2.19. The second kappa shape index (κ2) is 9.64. The van der Waals surface area contributed by atoms with E-state index < -0.39 is 24.0 Å². The predicted octanol–water partition coefficient (Wildman–Crippen LogP) is 1.99. The molecule has 0 aliphatic carbocycles. The first-order valence-electron chi connectivity index (χ1n) is 9.24. The minimum atomic E-state index is -1.13. The van der Waals surface area contributed by atoms with Gasteiger partial charge in [0, 0.05) is 35.2 Å². The molecule has 0 saturated carbocycles. The van der Waals surface area contributed by atoms with Crippen molar-refractivity contribution < 1.29 is 19.5 Å². The van der Waals surface area contributed by atoms with Crippen molar-refractivity contribution in [2.45, 2.75) is 39.3 Å². The molecule has 2 amide bonds. The molecule has 1 aromatic heterocycles. The minimum Gasteiger partial charge on any atom is -0.480 e. The number of H-pyrrole nitrogens is 1. The van der Waals surface area contributed by atoms with Gasteiger partial charge < -0.3 is 20.7 Å². The summed E-state index contributed by atoms with van der Waals surface area (Å²) in [6.07, 6.45) is 1.89. The number of hydrogen-bond acceptors (Lipinski definition) is 4. The van der Waals surface area contributed by atoms with Crippen LogP contribution in [0.5, 0.6) is 0 Å². The van der Waals surface area contributed by atoms with Crippen LogP contribution in [0.25, 0.3) is 10.9 Å². The van der Waals surface area contributed by atoms with Crippen LogP contribution in [-0.2, 0) is 20.8 Å². The number of carbonyl (C=O) groups is 3. The molecule has 0 saturated heterocycles.